The Bertz CT molecular complexity index is 442. The molecule has 0 aliphatic heterocycles. The third-order valence-corrected chi connectivity index (χ3v) is 3.23. The van der Waals surface area contributed by atoms with Gasteiger partial charge in [-0.1, -0.05) is 6.92 Å². The fourth-order valence-corrected chi connectivity index (χ4v) is 2.20. The van der Waals surface area contributed by atoms with Gasteiger partial charge in [0.25, 0.3) is 5.91 Å². The number of aryl methyl sites for hydroxylation is 1. The number of hydrogen-bond acceptors (Lipinski definition) is 3. The number of aromatic nitrogens is 1. The van der Waals surface area contributed by atoms with Crippen molar-refractivity contribution in [1.82, 2.24) is 10.3 Å². The summed E-state index contributed by atoms with van der Waals surface area (Å²) in [5.74, 6) is 0.554. The summed E-state index contributed by atoms with van der Waals surface area (Å²) in [5.41, 5.74) is 0.690. The molecule has 0 bridgehead atoms. The Morgan fingerprint density at radius 3 is 2.82 bits per heavy atom. The highest BCUT2D eigenvalue weighted by Crippen LogP contribution is 2.02. The summed E-state index contributed by atoms with van der Waals surface area (Å²) in [5, 5.41) is 2.86. The number of nitrogens with one attached hydrogen (secondary N) is 2. The third kappa shape index (κ3) is 3.93. The van der Waals surface area contributed by atoms with E-state index in [4.69, 9.17) is 0 Å². The summed E-state index contributed by atoms with van der Waals surface area (Å²) < 4.78 is 0. The maximum atomic E-state index is 11.9. The van der Waals surface area contributed by atoms with Gasteiger partial charge in [-0.05, 0) is 19.6 Å². The molecule has 1 aromatic heterocycles. The van der Waals surface area contributed by atoms with Gasteiger partial charge in [-0.2, -0.15) is 11.8 Å². The van der Waals surface area contributed by atoms with Crippen molar-refractivity contribution < 1.29 is 4.79 Å². The summed E-state index contributed by atoms with van der Waals surface area (Å²) in [7, 11) is 0. The number of pyridine rings is 1. The predicted molar refractivity (Wildman–Crippen MR) is 71.7 cm³/mol. The zero-order chi connectivity index (χ0) is 12.8. The number of aromatic amines is 1. The molecule has 0 aliphatic rings. The molecule has 94 valence electrons. The van der Waals surface area contributed by atoms with Crippen LogP contribution in [-0.4, -0.2) is 28.9 Å². The first kappa shape index (κ1) is 13.8. The summed E-state index contributed by atoms with van der Waals surface area (Å²) >= 11 is 1.68. The Balaban J connectivity index is 2.79. The van der Waals surface area contributed by atoms with Crippen LogP contribution in [-0.2, 0) is 0 Å². The Morgan fingerprint density at radius 2 is 2.29 bits per heavy atom. The number of rotatable bonds is 5. The molecule has 2 N–H and O–H groups in total. The summed E-state index contributed by atoms with van der Waals surface area (Å²) in [4.78, 5) is 26.4. The van der Waals surface area contributed by atoms with Crippen molar-refractivity contribution in [3.05, 3.63) is 33.7 Å². The molecule has 4 nitrogen and oxygen atoms in total. The third-order valence-electron chi connectivity index (χ3n) is 2.50. The fourth-order valence-electron chi connectivity index (χ4n) is 1.48. The minimum Gasteiger partial charge on any atom is -0.364 e. The number of H-pyrrole nitrogens is 1. The Morgan fingerprint density at radius 1 is 1.59 bits per heavy atom. The molecule has 17 heavy (non-hydrogen) atoms. The molecule has 1 heterocycles. The van der Waals surface area contributed by atoms with Gasteiger partial charge in [0, 0.05) is 29.8 Å². The minimum absolute atomic E-state index is 0.109. The largest absolute Gasteiger partial charge is 0.364 e. The van der Waals surface area contributed by atoms with E-state index >= 15 is 0 Å². The van der Waals surface area contributed by atoms with E-state index in [1.54, 1.807) is 18.7 Å². The maximum Gasteiger partial charge on any atom is 0.256 e. The van der Waals surface area contributed by atoms with Gasteiger partial charge in [-0.3, -0.25) is 9.59 Å². The van der Waals surface area contributed by atoms with Crippen LogP contribution in [0.3, 0.4) is 0 Å². The van der Waals surface area contributed by atoms with Gasteiger partial charge in [0.15, 0.2) is 5.43 Å². The molecule has 1 aromatic rings. The van der Waals surface area contributed by atoms with Crippen LogP contribution < -0.4 is 10.7 Å². The lowest BCUT2D eigenvalue weighted by molar-refractivity contribution is 0.0938. The van der Waals surface area contributed by atoms with Gasteiger partial charge in [0.05, 0.1) is 0 Å². The fraction of sp³-hybridized carbons (Fsp3) is 0.500. The van der Waals surface area contributed by atoms with Gasteiger partial charge in [0.1, 0.15) is 5.56 Å². The zero-order valence-corrected chi connectivity index (χ0v) is 11.2. The van der Waals surface area contributed by atoms with Crippen LogP contribution in [0.2, 0.25) is 0 Å². The number of hydrogen-bond donors (Lipinski definition) is 2. The monoisotopic (exact) mass is 254 g/mol. The highest BCUT2D eigenvalue weighted by atomic mass is 32.2. The van der Waals surface area contributed by atoms with E-state index in [0.29, 0.717) is 0 Å². The van der Waals surface area contributed by atoms with Crippen molar-refractivity contribution >= 4 is 17.7 Å². The molecule has 1 atom stereocenters. The van der Waals surface area contributed by atoms with Crippen molar-refractivity contribution in [3.8, 4) is 0 Å². The number of amides is 1. The van der Waals surface area contributed by atoms with Crippen LogP contribution >= 0.6 is 11.8 Å². The molecule has 1 amide bonds. The smallest absolute Gasteiger partial charge is 0.256 e. The zero-order valence-electron chi connectivity index (χ0n) is 10.4. The molecular weight excluding hydrogens is 236 g/mol. The maximum absolute atomic E-state index is 11.9. The summed E-state index contributed by atoms with van der Waals surface area (Å²) in [6.07, 6.45) is 4.32. The van der Waals surface area contributed by atoms with Crippen LogP contribution in [0.1, 0.15) is 29.4 Å². The lowest BCUT2D eigenvalue weighted by Crippen LogP contribution is -2.38. The molecule has 1 unspecified atom stereocenters. The molecule has 0 spiro atoms. The van der Waals surface area contributed by atoms with Crippen LogP contribution in [0, 0.1) is 6.92 Å². The predicted octanol–water partition coefficient (Wildman–Crippen LogP) is 1.55. The van der Waals surface area contributed by atoms with E-state index in [-0.39, 0.29) is 22.9 Å². The normalized spacial score (nSPS) is 12.2. The highest BCUT2D eigenvalue weighted by molar-refractivity contribution is 7.98. The van der Waals surface area contributed by atoms with Crippen molar-refractivity contribution in [2.75, 3.05) is 12.0 Å². The van der Waals surface area contributed by atoms with E-state index in [1.165, 1.54) is 12.3 Å². The Hall–Kier alpha value is -1.23. The van der Waals surface area contributed by atoms with Gasteiger partial charge >= 0.3 is 0 Å². The van der Waals surface area contributed by atoms with Crippen LogP contribution in [0.4, 0.5) is 0 Å². The SMILES string of the molecule is CCC(CSC)NC(=O)c1c[nH]c(C)cc1=O. The van der Waals surface area contributed by atoms with Crippen LogP contribution in [0.5, 0.6) is 0 Å². The number of thioether (sulfide) groups is 1. The molecule has 0 saturated heterocycles. The van der Waals surface area contributed by atoms with E-state index in [9.17, 15) is 9.59 Å². The molecule has 0 aromatic carbocycles. The second kappa shape index (κ2) is 6.49. The van der Waals surface area contributed by atoms with E-state index in [1.807, 2.05) is 13.2 Å². The minimum atomic E-state index is -0.299. The second-order valence-corrected chi connectivity index (χ2v) is 4.84. The second-order valence-electron chi connectivity index (χ2n) is 3.93. The lowest BCUT2D eigenvalue weighted by Gasteiger charge is -2.15. The average molecular weight is 254 g/mol. The Kier molecular flexibility index (Phi) is 5.28. The first-order valence-corrected chi connectivity index (χ1v) is 6.97. The van der Waals surface area contributed by atoms with E-state index in [2.05, 4.69) is 10.3 Å². The molecule has 1 rings (SSSR count). The van der Waals surface area contributed by atoms with Gasteiger partial charge in [-0.25, -0.2) is 0 Å². The van der Waals surface area contributed by atoms with E-state index < -0.39 is 0 Å². The van der Waals surface area contributed by atoms with Crippen molar-refractivity contribution in [1.29, 1.82) is 0 Å². The number of carbonyl (C=O) groups excluding carboxylic acids is 1. The van der Waals surface area contributed by atoms with Crippen molar-refractivity contribution in [2.45, 2.75) is 26.3 Å². The van der Waals surface area contributed by atoms with Crippen LogP contribution in [0.25, 0.3) is 0 Å². The van der Waals surface area contributed by atoms with Crippen LogP contribution in [0.15, 0.2) is 17.1 Å². The van der Waals surface area contributed by atoms with Gasteiger partial charge in [0.2, 0.25) is 0 Å². The molecule has 5 heteroatoms. The summed E-state index contributed by atoms with van der Waals surface area (Å²) in [6.45, 7) is 3.80. The summed E-state index contributed by atoms with van der Waals surface area (Å²) in [6, 6.07) is 1.54. The molecule has 0 fully saturated rings. The quantitative estimate of drug-likeness (QED) is 0.838. The molecule has 0 aliphatic carbocycles. The topological polar surface area (TPSA) is 62.0 Å². The first-order chi connectivity index (χ1) is 8.08. The van der Waals surface area contributed by atoms with Gasteiger partial charge < -0.3 is 10.3 Å². The standard InChI is InChI=1S/C12H18N2O2S/c1-4-9(7-17-3)14-12(16)10-6-13-8(2)5-11(10)15/h5-6,9H,4,7H2,1-3H3,(H,13,15)(H,14,16). The average Bonchev–Trinajstić information content (AvgIpc) is 2.28. The molecule has 0 radical (unpaired) electrons. The van der Waals surface area contributed by atoms with Crippen molar-refractivity contribution in [3.63, 3.8) is 0 Å². The molecular formula is C12H18N2O2S. The van der Waals surface area contributed by atoms with Gasteiger partial charge in [-0.15, -0.1) is 0 Å². The molecule has 0 saturated carbocycles. The Labute approximate surface area is 105 Å². The lowest BCUT2D eigenvalue weighted by atomic mass is 10.2. The number of carbonyl (C=O) groups is 1. The van der Waals surface area contributed by atoms with E-state index in [0.717, 1.165) is 17.9 Å². The van der Waals surface area contributed by atoms with Crippen molar-refractivity contribution in [2.24, 2.45) is 0 Å². The highest BCUT2D eigenvalue weighted by Gasteiger charge is 2.14. The first-order valence-electron chi connectivity index (χ1n) is 5.57.